The van der Waals surface area contributed by atoms with Crippen molar-refractivity contribution in [3.8, 4) is 22.4 Å². The van der Waals surface area contributed by atoms with Gasteiger partial charge in [-0.15, -0.1) is 0 Å². The third kappa shape index (κ3) is 5.28. The predicted octanol–water partition coefficient (Wildman–Crippen LogP) is 7.31. The lowest BCUT2D eigenvalue weighted by molar-refractivity contribution is -0.141. The van der Waals surface area contributed by atoms with Gasteiger partial charge in [-0.2, -0.15) is 13.2 Å². The van der Waals surface area contributed by atoms with Crippen LogP contribution in [-0.2, 0) is 10.2 Å². The number of hydrogen-bond donors (Lipinski definition) is 1. The first-order valence-electron chi connectivity index (χ1n) is 12.0. The van der Waals surface area contributed by atoms with Gasteiger partial charge in [-0.05, 0) is 53.3 Å². The van der Waals surface area contributed by atoms with Gasteiger partial charge in [-0.3, -0.25) is 4.79 Å². The highest BCUT2D eigenvalue weighted by atomic mass is 35.5. The number of fused-ring (bicyclic) bond motifs is 3. The van der Waals surface area contributed by atoms with E-state index in [1.54, 1.807) is 18.3 Å². The lowest BCUT2D eigenvalue weighted by Crippen LogP contribution is -2.47. The number of nitrogens with one attached hydrogen (secondary N) is 1. The summed E-state index contributed by atoms with van der Waals surface area (Å²) in [4.78, 5) is 22.6. The van der Waals surface area contributed by atoms with Crippen LogP contribution in [0, 0.1) is 0 Å². The summed E-state index contributed by atoms with van der Waals surface area (Å²) in [5.41, 5.74) is 3.66. The summed E-state index contributed by atoms with van der Waals surface area (Å²) < 4.78 is 39.2. The van der Waals surface area contributed by atoms with Crippen molar-refractivity contribution in [2.24, 2.45) is 0 Å². The number of alkyl halides is 3. The second-order valence-electron chi connectivity index (χ2n) is 8.98. The molecule has 194 valence electrons. The smallest absolute Gasteiger partial charge is 0.346 e. The summed E-state index contributed by atoms with van der Waals surface area (Å²) >= 11 is 7.43. The van der Waals surface area contributed by atoms with Gasteiger partial charge in [-0.1, -0.05) is 84.0 Å². The Morgan fingerprint density at radius 1 is 0.921 bits per heavy atom. The fraction of sp³-hybridized carbons (Fsp3) is 0.207. The van der Waals surface area contributed by atoms with E-state index in [9.17, 15) is 18.0 Å². The zero-order chi connectivity index (χ0) is 26.8. The number of halogens is 4. The second kappa shape index (κ2) is 10.8. The Labute approximate surface area is 227 Å². The van der Waals surface area contributed by atoms with Gasteiger partial charge in [0.05, 0.1) is 5.69 Å². The Bertz CT molecular complexity index is 1410. The molecule has 0 aliphatic heterocycles. The average Bonchev–Trinajstić information content (AvgIpc) is 3.21. The molecule has 0 atom stereocenters. The molecule has 1 aromatic heterocycles. The molecule has 0 radical (unpaired) electrons. The number of benzene rings is 3. The molecular formula is C29H23ClF3N3OS. The lowest BCUT2D eigenvalue weighted by Gasteiger charge is -2.31. The first-order chi connectivity index (χ1) is 18.3. The molecule has 4 nitrogen and oxygen atoms in total. The fourth-order valence-corrected chi connectivity index (χ4v) is 5.87. The molecule has 0 unspecified atom stereocenters. The van der Waals surface area contributed by atoms with Crippen LogP contribution in [0.25, 0.3) is 22.4 Å². The van der Waals surface area contributed by atoms with Crippen molar-refractivity contribution >= 4 is 29.3 Å². The van der Waals surface area contributed by atoms with Gasteiger partial charge in [0, 0.05) is 22.5 Å². The average molecular weight is 554 g/mol. The Hall–Kier alpha value is -3.36. The van der Waals surface area contributed by atoms with Crippen molar-refractivity contribution in [3.63, 3.8) is 0 Å². The molecule has 5 rings (SSSR count). The molecule has 9 heteroatoms. The number of amides is 1. The van der Waals surface area contributed by atoms with Gasteiger partial charge in [0.15, 0.2) is 5.16 Å². The van der Waals surface area contributed by atoms with E-state index in [2.05, 4.69) is 15.3 Å². The molecular weight excluding hydrogens is 531 g/mol. The van der Waals surface area contributed by atoms with Gasteiger partial charge in [0.2, 0.25) is 5.91 Å². The number of aromatic nitrogens is 2. The molecule has 1 aliphatic carbocycles. The summed E-state index contributed by atoms with van der Waals surface area (Å²) in [7, 11) is 0. The maximum Gasteiger partial charge on any atom is 0.405 e. The summed E-state index contributed by atoms with van der Waals surface area (Å²) in [6.07, 6.45) is -1.92. The molecule has 3 aromatic carbocycles. The highest BCUT2D eigenvalue weighted by molar-refractivity contribution is 7.99. The number of thioether (sulfide) groups is 1. The molecule has 38 heavy (non-hydrogen) atoms. The normalized spacial score (nSPS) is 13.6. The van der Waals surface area contributed by atoms with Crippen LogP contribution < -0.4 is 5.32 Å². The van der Waals surface area contributed by atoms with Crippen molar-refractivity contribution in [1.29, 1.82) is 0 Å². The van der Waals surface area contributed by atoms with Gasteiger partial charge < -0.3 is 5.32 Å². The summed E-state index contributed by atoms with van der Waals surface area (Å²) in [6, 6.07) is 24.1. The molecule has 1 amide bonds. The molecule has 1 aliphatic rings. The monoisotopic (exact) mass is 553 g/mol. The molecule has 4 aromatic rings. The summed E-state index contributed by atoms with van der Waals surface area (Å²) in [5, 5.41) is 3.39. The maximum atomic E-state index is 13.6. The standard InChI is InChI=1S/C29H23ClF3N3OS/c30-20-12-10-19(11-13-20)25-14-16-34-27(36-25)38-17-5-15-28(26(37)35-18-29(31,32)33)23-8-3-1-6-21(23)22-7-2-4-9-24(22)28/h1-4,6-14,16H,5,15,17-18H2,(H,35,37). The molecule has 0 saturated heterocycles. The molecule has 0 bridgehead atoms. The van der Waals surface area contributed by atoms with E-state index in [1.807, 2.05) is 66.7 Å². The minimum atomic E-state index is -4.50. The number of carbonyl (C=O) groups excluding carboxylic acids is 1. The van der Waals surface area contributed by atoms with E-state index >= 15 is 0 Å². The van der Waals surface area contributed by atoms with Crippen molar-refractivity contribution < 1.29 is 18.0 Å². The summed E-state index contributed by atoms with van der Waals surface area (Å²) in [6.45, 7) is -1.38. The van der Waals surface area contributed by atoms with Gasteiger partial charge in [-0.25, -0.2) is 9.97 Å². The van der Waals surface area contributed by atoms with Crippen LogP contribution >= 0.6 is 23.4 Å². The van der Waals surface area contributed by atoms with Crippen LogP contribution in [0.2, 0.25) is 5.02 Å². The van der Waals surface area contributed by atoms with Crippen LogP contribution in [0.3, 0.4) is 0 Å². The van der Waals surface area contributed by atoms with E-state index in [0.29, 0.717) is 28.8 Å². The highest BCUT2D eigenvalue weighted by Crippen LogP contribution is 2.51. The maximum absolute atomic E-state index is 13.6. The minimum absolute atomic E-state index is 0.342. The Morgan fingerprint density at radius 3 is 2.18 bits per heavy atom. The highest BCUT2D eigenvalue weighted by Gasteiger charge is 2.49. The fourth-order valence-electron chi connectivity index (χ4n) is 4.98. The molecule has 0 spiro atoms. The van der Waals surface area contributed by atoms with E-state index in [-0.39, 0.29) is 0 Å². The molecule has 1 N–H and O–H groups in total. The van der Waals surface area contributed by atoms with E-state index in [1.165, 1.54) is 11.8 Å². The first kappa shape index (κ1) is 26.3. The van der Waals surface area contributed by atoms with E-state index in [4.69, 9.17) is 11.6 Å². The van der Waals surface area contributed by atoms with Crippen LogP contribution in [0.5, 0.6) is 0 Å². The van der Waals surface area contributed by atoms with Gasteiger partial charge in [0.1, 0.15) is 12.0 Å². The van der Waals surface area contributed by atoms with Crippen LogP contribution in [0.1, 0.15) is 24.0 Å². The van der Waals surface area contributed by atoms with E-state index in [0.717, 1.165) is 33.5 Å². The third-order valence-corrected chi connectivity index (χ3v) is 7.80. The van der Waals surface area contributed by atoms with Crippen molar-refractivity contribution in [3.05, 3.63) is 101 Å². The number of carbonyl (C=O) groups is 1. The van der Waals surface area contributed by atoms with Crippen molar-refractivity contribution in [1.82, 2.24) is 15.3 Å². The third-order valence-electron chi connectivity index (χ3n) is 6.60. The summed E-state index contributed by atoms with van der Waals surface area (Å²) in [5.74, 6) is -0.0545. The topological polar surface area (TPSA) is 54.9 Å². The number of nitrogens with zero attached hydrogens (tertiary/aromatic N) is 2. The largest absolute Gasteiger partial charge is 0.405 e. The molecule has 0 fully saturated rings. The molecule has 0 saturated carbocycles. The Morgan fingerprint density at radius 2 is 1.55 bits per heavy atom. The van der Waals surface area contributed by atoms with Crippen LogP contribution in [0.15, 0.2) is 90.2 Å². The van der Waals surface area contributed by atoms with Crippen molar-refractivity contribution in [2.45, 2.75) is 29.6 Å². The SMILES string of the molecule is O=C(NCC(F)(F)F)C1(CCCSc2nccc(-c3ccc(Cl)cc3)n2)c2ccccc2-c2ccccc21. The Balaban J connectivity index is 1.38. The van der Waals surface area contributed by atoms with Crippen molar-refractivity contribution in [2.75, 3.05) is 12.3 Å². The number of rotatable bonds is 8. The minimum Gasteiger partial charge on any atom is -0.346 e. The zero-order valence-corrected chi connectivity index (χ0v) is 21.7. The van der Waals surface area contributed by atoms with Gasteiger partial charge in [0.25, 0.3) is 0 Å². The lowest BCUT2D eigenvalue weighted by atomic mass is 9.73. The predicted molar refractivity (Wildman–Crippen MR) is 144 cm³/mol. The van der Waals surface area contributed by atoms with Gasteiger partial charge >= 0.3 is 6.18 Å². The molecule has 1 heterocycles. The first-order valence-corrected chi connectivity index (χ1v) is 13.4. The van der Waals surface area contributed by atoms with Crippen LogP contribution in [0.4, 0.5) is 13.2 Å². The second-order valence-corrected chi connectivity index (χ2v) is 10.5. The number of hydrogen-bond acceptors (Lipinski definition) is 4. The quantitative estimate of drug-likeness (QED) is 0.141. The van der Waals surface area contributed by atoms with E-state index < -0.39 is 24.0 Å². The zero-order valence-electron chi connectivity index (χ0n) is 20.1. The van der Waals surface area contributed by atoms with Crippen LogP contribution in [-0.4, -0.2) is 34.3 Å². The Kier molecular flexibility index (Phi) is 7.45.